The van der Waals surface area contributed by atoms with Crippen LogP contribution in [0.15, 0.2) is 18.2 Å². The van der Waals surface area contributed by atoms with E-state index in [0.29, 0.717) is 6.54 Å². The molecule has 0 aromatic heterocycles. The molecule has 1 fully saturated rings. The van der Waals surface area contributed by atoms with Gasteiger partial charge in [0.1, 0.15) is 0 Å². The van der Waals surface area contributed by atoms with Gasteiger partial charge in [0.05, 0.1) is 6.10 Å². The number of carbonyl (C=O) groups excluding carboxylic acids is 1. The number of aryl methyl sites for hydroxylation is 2. The first-order valence-electron chi connectivity index (χ1n) is 7.31. The van der Waals surface area contributed by atoms with Gasteiger partial charge in [-0.3, -0.25) is 4.79 Å². The molecule has 0 aliphatic carbocycles. The summed E-state index contributed by atoms with van der Waals surface area (Å²) >= 11 is 0. The van der Waals surface area contributed by atoms with Crippen molar-refractivity contribution in [1.82, 2.24) is 10.2 Å². The number of aliphatic hydroxyl groups excluding tert-OH is 1. The van der Waals surface area contributed by atoms with Gasteiger partial charge in [0.15, 0.2) is 0 Å². The van der Waals surface area contributed by atoms with Gasteiger partial charge in [-0.05, 0) is 45.4 Å². The summed E-state index contributed by atoms with van der Waals surface area (Å²) in [4.78, 5) is 14.3. The predicted molar refractivity (Wildman–Crippen MR) is 79.9 cm³/mol. The second kappa shape index (κ2) is 6.86. The van der Waals surface area contributed by atoms with Crippen LogP contribution in [0.25, 0.3) is 0 Å². The van der Waals surface area contributed by atoms with Crippen LogP contribution in [0.1, 0.15) is 34.3 Å². The minimum absolute atomic E-state index is 0.00161. The molecule has 0 bridgehead atoms. The zero-order valence-corrected chi connectivity index (χ0v) is 12.4. The second-order valence-corrected chi connectivity index (χ2v) is 5.73. The number of amides is 1. The quantitative estimate of drug-likeness (QED) is 0.801. The fourth-order valence-electron chi connectivity index (χ4n) is 2.73. The molecule has 110 valence electrons. The minimum atomic E-state index is -0.167. The number of nitrogens with one attached hydrogen (secondary N) is 1. The number of hydrogen-bond acceptors (Lipinski definition) is 3. The maximum atomic E-state index is 12.0. The summed E-state index contributed by atoms with van der Waals surface area (Å²) in [5.74, 6) is -0.00161. The second-order valence-electron chi connectivity index (χ2n) is 5.73. The molecule has 1 aliphatic rings. The summed E-state index contributed by atoms with van der Waals surface area (Å²) < 4.78 is 0. The van der Waals surface area contributed by atoms with Crippen molar-refractivity contribution >= 4 is 5.91 Å². The molecule has 1 aliphatic heterocycles. The molecule has 1 aromatic rings. The lowest BCUT2D eigenvalue weighted by molar-refractivity contribution is 0.0951. The molecule has 20 heavy (non-hydrogen) atoms. The zero-order chi connectivity index (χ0) is 14.5. The monoisotopic (exact) mass is 276 g/mol. The Morgan fingerprint density at radius 2 is 2.05 bits per heavy atom. The highest BCUT2D eigenvalue weighted by molar-refractivity contribution is 5.94. The van der Waals surface area contributed by atoms with Crippen LogP contribution < -0.4 is 5.32 Å². The van der Waals surface area contributed by atoms with Crippen molar-refractivity contribution in [1.29, 1.82) is 0 Å². The minimum Gasteiger partial charge on any atom is -0.392 e. The Morgan fingerprint density at radius 1 is 1.35 bits per heavy atom. The average molecular weight is 276 g/mol. The normalized spacial score (nSPS) is 19.2. The average Bonchev–Trinajstić information content (AvgIpc) is 2.79. The highest BCUT2D eigenvalue weighted by Gasteiger charge is 2.19. The van der Waals surface area contributed by atoms with E-state index in [2.05, 4.69) is 16.3 Å². The first kappa shape index (κ1) is 15.0. The van der Waals surface area contributed by atoms with E-state index in [0.717, 1.165) is 49.2 Å². The Labute approximate surface area is 120 Å². The summed E-state index contributed by atoms with van der Waals surface area (Å²) in [5.41, 5.74) is 2.96. The summed E-state index contributed by atoms with van der Waals surface area (Å²) in [6.45, 7) is 7.35. The number of benzene rings is 1. The number of aliphatic hydroxyl groups is 1. The van der Waals surface area contributed by atoms with Gasteiger partial charge < -0.3 is 15.3 Å². The molecule has 4 heteroatoms. The van der Waals surface area contributed by atoms with Crippen LogP contribution in [0, 0.1) is 13.8 Å². The Balaban J connectivity index is 1.72. The van der Waals surface area contributed by atoms with Crippen LogP contribution in [0.5, 0.6) is 0 Å². The van der Waals surface area contributed by atoms with Crippen molar-refractivity contribution in [2.24, 2.45) is 0 Å². The maximum absolute atomic E-state index is 12.0. The van der Waals surface area contributed by atoms with E-state index >= 15 is 0 Å². The SMILES string of the molecule is Cc1cc(C)cc(C(=O)NCCCN2CCC(O)C2)c1. The van der Waals surface area contributed by atoms with Crippen LogP contribution in [0.4, 0.5) is 0 Å². The summed E-state index contributed by atoms with van der Waals surface area (Å²) in [6, 6.07) is 5.90. The number of rotatable bonds is 5. The first-order chi connectivity index (χ1) is 9.54. The highest BCUT2D eigenvalue weighted by atomic mass is 16.3. The van der Waals surface area contributed by atoms with Gasteiger partial charge in [-0.2, -0.15) is 0 Å². The van der Waals surface area contributed by atoms with Crippen LogP contribution >= 0.6 is 0 Å². The van der Waals surface area contributed by atoms with E-state index in [1.54, 1.807) is 0 Å². The fourth-order valence-corrected chi connectivity index (χ4v) is 2.73. The third kappa shape index (κ3) is 4.32. The summed E-state index contributed by atoms with van der Waals surface area (Å²) in [6.07, 6.45) is 1.62. The van der Waals surface area contributed by atoms with Gasteiger partial charge in [-0.1, -0.05) is 17.2 Å². The molecule has 1 heterocycles. The van der Waals surface area contributed by atoms with E-state index in [1.807, 2.05) is 26.0 Å². The standard InChI is InChI=1S/C16H24N2O2/c1-12-8-13(2)10-14(9-12)16(20)17-5-3-6-18-7-4-15(19)11-18/h8-10,15,19H,3-7,11H2,1-2H3,(H,17,20). The van der Waals surface area contributed by atoms with E-state index in [1.165, 1.54) is 0 Å². The first-order valence-corrected chi connectivity index (χ1v) is 7.31. The number of carbonyl (C=O) groups is 1. The smallest absolute Gasteiger partial charge is 0.251 e. The predicted octanol–water partition coefficient (Wildman–Crippen LogP) is 1.49. The van der Waals surface area contributed by atoms with Crippen LogP contribution in [0.2, 0.25) is 0 Å². The molecule has 2 rings (SSSR count). The molecular weight excluding hydrogens is 252 g/mol. The van der Waals surface area contributed by atoms with E-state index in [4.69, 9.17) is 0 Å². The van der Waals surface area contributed by atoms with Crippen LogP contribution in [-0.4, -0.2) is 48.2 Å². The van der Waals surface area contributed by atoms with Crippen LogP contribution in [0.3, 0.4) is 0 Å². The van der Waals surface area contributed by atoms with Crippen molar-refractivity contribution in [3.05, 3.63) is 34.9 Å². The van der Waals surface area contributed by atoms with Gasteiger partial charge in [-0.15, -0.1) is 0 Å². The number of hydrogen-bond donors (Lipinski definition) is 2. The lowest BCUT2D eigenvalue weighted by Crippen LogP contribution is -2.29. The van der Waals surface area contributed by atoms with Gasteiger partial charge in [0, 0.05) is 25.2 Å². The van der Waals surface area contributed by atoms with Crippen LogP contribution in [-0.2, 0) is 0 Å². The van der Waals surface area contributed by atoms with E-state index in [-0.39, 0.29) is 12.0 Å². The zero-order valence-electron chi connectivity index (χ0n) is 12.4. The van der Waals surface area contributed by atoms with Crippen molar-refractivity contribution < 1.29 is 9.90 Å². The molecule has 0 radical (unpaired) electrons. The molecule has 1 unspecified atom stereocenters. The number of β-amino-alcohol motifs (C(OH)–C–C–N with tert-alkyl or cyclic N) is 1. The molecule has 0 spiro atoms. The molecule has 1 aromatic carbocycles. The molecule has 4 nitrogen and oxygen atoms in total. The van der Waals surface area contributed by atoms with Crippen molar-refractivity contribution in [3.8, 4) is 0 Å². The Morgan fingerprint density at radius 3 is 2.65 bits per heavy atom. The Hall–Kier alpha value is -1.39. The molecule has 2 N–H and O–H groups in total. The topological polar surface area (TPSA) is 52.6 Å². The van der Waals surface area contributed by atoms with Gasteiger partial charge in [0.2, 0.25) is 0 Å². The van der Waals surface area contributed by atoms with E-state index in [9.17, 15) is 9.90 Å². The molecule has 1 atom stereocenters. The van der Waals surface area contributed by atoms with Gasteiger partial charge in [-0.25, -0.2) is 0 Å². The van der Waals surface area contributed by atoms with Crippen molar-refractivity contribution in [2.75, 3.05) is 26.2 Å². The molecule has 1 saturated heterocycles. The highest BCUT2D eigenvalue weighted by Crippen LogP contribution is 2.10. The van der Waals surface area contributed by atoms with Gasteiger partial charge in [0.25, 0.3) is 5.91 Å². The number of likely N-dealkylation sites (tertiary alicyclic amines) is 1. The Bertz CT molecular complexity index is 453. The molecule has 0 saturated carbocycles. The summed E-state index contributed by atoms with van der Waals surface area (Å²) in [5, 5.41) is 12.4. The molecule has 1 amide bonds. The summed E-state index contributed by atoms with van der Waals surface area (Å²) in [7, 11) is 0. The molecular formula is C16H24N2O2. The fraction of sp³-hybridized carbons (Fsp3) is 0.562. The third-order valence-corrected chi connectivity index (χ3v) is 3.67. The van der Waals surface area contributed by atoms with Crippen molar-refractivity contribution in [3.63, 3.8) is 0 Å². The largest absolute Gasteiger partial charge is 0.392 e. The van der Waals surface area contributed by atoms with E-state index < -0.39 is 0 Å². The Kier molecular flexibility index (Phi) is 5.15. The lowest BCUT2D eigenvalue weighted by atomic mass is 10.1. The lowest BCUT2D eigenvalue weighted by Gasteiger charge is -2.14. The third-order valence-electron chi connectivity index (χ3n) is 3.67. The maximum Gasteiger partial charge on any atom is 0.251 e. The van der Waals surface area contributed by atoms with Crippen molar-refractivity contribution in [2.45, 2.75) is 32.8 Å². The van der Waals surface area contributed by atoms with Gasteiger partial charge >= 0.3 is 0 Å². The number of nitrogens with zero attached hydrogens (tertiary/aromatic N) is 1.